The number of hydrogen-bond donors (Lipinski definition) is 3. The topological polar surface area (TPSA) is 150 Å². The van der Waals surface area contributed by atoms with Gasteiger partial charge in [0.2, 0.25) is 5.91 Å². The maximum absolute atomic E-state index is 12.6. The standard InChI is InChI=1S/C16H16N2O6S.C2HF3O2/c1-8-2-4-9(5-3-8)25(22,23)24-14-10-6-7-17-11-12(10)18(15(11)19)13(14)16(20)21;3-2(4,5)1(6)7/h2-5,10-12,17H,6-7H2,1H3,(H,20,21);(H,6,7)/t10?,11-,12+;/m0./s1. The van der Waals surface area contributed by atoms with Crippen LogP contribution >= 0.6 is 0 Å². The summed E-state index contributed by atoms with van der Waals surface area (Å²) in [4.78, 5) is 33.8. The Labute approximate surface area is 179 Å². The lowest BCUT2D eigenvalue weighted by molar-refractivity contribution is -0.192. The number of nitrogens with one attached hydrogen (secondary N) is 1. The highest BCUT2D eigenvalue weighted by molar-refractivity contribution is 7.86. The Morgan fingerprint density at radius 1 is 1.19 bits per heavy atom. The molecule has 3 aliphatic rings. The molecule has 14 heteroatoms. The number of amides is 1. The Bertz CT molecular complexity index is 1100. The van der Waals surface area contributed by atoms with Crippen LogP contribution in [0.15, 0.2) is 40.6 Å². The van der Waals surface area contributed by atoms with Gasteiger partial charge in [-0.3, -0.25) is 9.69 Å². The van der Waals surface area contributed by atoms with Crippen molar-refractivity contribution in [1.82, 2.24) is 10.2 Å². The third-order valence-electron chi connectivity index (χ3n) is 5.14. The smallest absolute Gasteiger partial charge is 0.476 e. The second kappa shape index (κ2) is 8.09. The molecule has 3 aliphatic heterocycles. The van der Waals surface area contributed by atoms with E-state index in [1.807, 2.05) is 6.92 Å². The number of aryl methyl sites for hydroxylation is 1. The van der Waals surface area contributed by atoms with Gasteiger partial charge in [0, 0.05) is 5.92 Å². The first kappa shape index (κ1) is 23.5. The highest BCUT2D eigenvalue weighted by Gasteiger charge is 2.62. The van der Waals surface area contributed by atoms with Crippen molar-refractivity contribution >= 4 is 28.0 Å². The molecule has 174 valence electrons. The Balaban J connectivity index is 0.000000360. The minimum absolute atomic E-state index is 0.0543. The second-order valence-corrected chi connectivity index (χ2v) is 8.74. The van der Waals surface area contributed by atoms with Crippen LogP contribution in [-0.2, 0) is 28.7 Å². The third kappa shape index (κ3) is 4.14. The highest BCUT2D eigenvalue weighted by atomic mass is 32.2. The molecule has 0 aliphatic carbocycles. The number of carboxylic acids is 2. The normalized spacial score (nSPS) is 24.2. The van der Waals surface area contributed by atoms with E-state index < -0.39 is 46.2 Å². The van der Waals surface area contributed by atoms with E-state index in [9.17, 15) is 36.3 Å². The molecule has 1 unspecified atom stereocenters. The van der Waals surface area contributed by atoms with Crippen LogP contribution in [0.1, 0.15) is 12.0 Å². The van der Waals surface area contributed by atoms with E-state index in [1.165, 1.54) is 12.1 Å². The van der Waals surface area contributed by atoms with E-state index in [-0.39, 0.29) is 22.3 Å². The predicted molar refractivity (Wildman–Crippen MR) is 98.3 cm³/mol. The number of benzene rings is 1. The molecule has 0 radical (unpaired) electrons. The van der Waals surface area contributed by atoms with Crippen LogP contribution in [0.25, 0.3) is 0 Å². The highest BCUT2D eigenvalue weighted by Crippen LogP contribution is 2.47. The summed E-state index contributed by atoms with van der Waals surface area (Å²) in [5.74, 6) is -5.06. The summed E-state index contributed by atoms with van der Waals surface area (Å²) in [6.07, 6.45) is -4.58. The first-order chi connectivity index (χ1) is 14.8. The minimum atomic E-state index is -5.08. The van der Waals surface area contributed by atoms with Crippen molar-refractivity contribution in [2.45, 2.75) is 36.5 Å². The van der Waals surface area contributed by atoms with Gasteiger partial charge >= 0.3 is 28.2 Å². The summed E-state index contributed by atoms with van der Waals surface area (Å²) in [5.41, 5.74) is 0.525. The number of hydrogen-bond acceptors (Lipinski definition) is 7. The number of aliphatic carboxylic acids is 2. The number of halogens is 3. The number of carbonyl (C=O) groups is 3. The summed E-state index contributed by atoms with van der Waals surface area (Å²) in [7, 11) is -4.18. The number of piperidine rings is 1. The van der Waals surface area contributed by atoms with Gasteiger partial charge in [-0.1, -0.05) is 17.7 Å². The SMILES string of the molecule is Cc1ccc(S(=O)(=O)OC2=C(C(=O)O)N3C(=O)[C@H]4NCCC2[C@H]43)cc1.O=C(O)C(F)(F)F. The largest absolute Gasteiger partial charge is 0.490 e. The maximum atomic E-state index is 12.6. The van der Waals surface area contributed by atoms with Gasteiger partial charge in [-0.2, -0.15) is 21.6 Å². The predicted octanol–water partition coefficient (Wildman–Crippen LogP) is 0.832. The van der Waals surface area contributed by atoms with Crippen molar-refractivity contribution in [1.29, 1.82) is 0 Å². The first-order valence-electron chi connectivity index (χ1n) is 9.11. The summed E-state index contributed by atoms with van der Waals surface area (Å²) in [5, 5.41) is 19.7. The maximum Gasteiger partial charge on any atom is 0.490 e. The van der Waals surface area contributed by atoms with Gasteiger partial charge in [-0.05, 0) is 32.0 Å². The average Bonchev–Trinajstić information content (AvgIpc) is 3.01. The Kier molecular flexibility index (Phi) is 5.95. The Morgan fingerprint density at radius 2 is 1.75 bits per heavy atom. The molecule has 0 bridgehead atoms. The minimum Gasteiger partial charge on any atom is -0.476 e. The van der Waals surface area contributed by atoms with Gasteiger partial charge in [0.15, 0.2) is 11.5 Å². The first-order valence-corrected chi connectivity index (χ1v) is 10.5. The zero-order valence-electron chi connectivity index (χ0n) is 16.3. The Hall–Kier alpha value is -3.13. The number of nitrogens with zero attached hydrogens (tertiary/aromatic N) is 1. The monoisotopic (exact) mass is 478 g/mol. The van der Waals surface area contributed by atoms with E-state index >= 15 is 0 Å². The summed E-state index contributed by atoms with van der Waals surface area (Å²) in [6.45, 7) is 2.32. The zero-order chi connectivity index (χ0) is 24.0. The average molecular weight is 478 g/mol. The molecule has 10 nitrogen and oxygen atoms in total. The number of rotatable bonds is 4. The lowest BCUT2D eigenvalue weighted by Crippen LogP contribution is -2.71. The molecule has 0 saturated carbocycles. The van der Waals surface area contributed by atoms with E-state index in [0.29, 0.717) is 13.0 Å². The van der Waals surface area contributed by atoms with Crippen LogP contribution in [0, 0.1) is 12.8 Å². The van der Waals surface area contributed by atoms with Crippen LogP contribution < -0.4 is 5.32 Å². The summed E-state index contributed by atoms with van der Waals surface area (Å²) >= 11 is 0. The van der Waals surface area contributed by atoms with Gasteiger partial charge < -0.3 is 19.7 Å². The summed E-state index contributed by atoms with van der Waals surface area (Å²) < 4.78 is 62.2. The van der Waals surface area contributed by atoms with E-state index in [4.69, 9.17) is 14.1 Å². The fraction of sp³-hybridized carbons (Fsp3) is 0.389. The van der Waals surface area contributed by atoms with Crippen LogP contribution in [0.4, 0.5) is 13.2 Å². The number of carboxylic acid groups (broad SMARTS) is 2. The molecule has 0 aromatic heterocycles. The van der Waals surface area contributed by atoms with Crippen molar-refractivity contribution in [3.8, 4) is 0 Å². The quantitative estimate of drug-likeness (QED) is 0.422. The van der Waals surface area contributed by atoms with Gasteiger partial charge in [-0.25, -0.2) is 9.59 Å². The lowest BCUT2D eigenvalue weighted by Gasteiger charge is -2.48. The van der Waals surface area contributed by atoms with Gasteiger partial charge in [0.1, 0.15) is 10.9 Å². The van der Waals surface area contributed by atoms with Crippen LogP contribution in [0.2, 0.25) is 0 Å². The number of alkyl halides is 3. The summed E-state index contributed by atoms with van der Waals surface area (Å²) in [6, 6.07) is 5.22. The van der Waals surface area contributed by atoms with Gasteiger partial charge in [0.05, 0.1) is 6.04 Å². The van der Waals surface area contributed by atoms with Crippen LogP contribution in [0.3, 0.4) is 0 Å². The second-order valence-electron chi connectivity index (χ2n) is 7.20. The molecule has 0 spiro atoms. The van der Waals surface area contributed by atoms with Crippen molar-refractivity contribution in [2.24, 2.45) is 5.92 Å². The zero-order valence-corrected chi connectivity index (χ0v) is 17.1. The van der Waals surface area contributed by atoms with Gasteiger partial charge in [0.25, 0.3) is 0 Å². The van der Waals surface area contributed by atoms with Crippen molar-refractivity contribution < 1.29 is 50.4 Å². The van der Waals surface area contributed by atoms with Gasteiger partial charge in [-0.15, -0.1) is 0 Å². The molecule has 4 rings (SSSR count). The molecule has 3 atom stereocenters. The molecular formula is C18H17F3N2O8S. The molecule has 32 heavy (non-hydrogen) atoms. The molecular weight excluding hydrogens is 461 g/mol. The number of carbonyl (C=O) groups excluding carboxylic acids is 1. The fourth-order valence-corrected chi connectivity index (χ4v) is 4.72. The van der Waals surface area contributed by atoms with Crippen molar-refractivity contribution in [3.63, 3.8) is 0 Å². The fourth-order valence-electron chi connectivity index (χ4n) is 3.72. The molecule has 3 N–H and O–H groups in total. The van der Waals surface area contributed by atoms with Crippen LogP contribution in [0.5, 0.6) is 0 Å². The van der Waals surface area contributed by atoms with Crippen molar-refractivity contribution in [3.05, 3.63) is 41.3 Å². The molecule has 2 fully saturated rings. The van der Waals surface area contributed by atoms with Crippen molar-refractivity contribution in [2.75, 3.05) is 6.54 Å². The van der Waals surface area contributed by atoms with E-state index in [0.717, 1.165) is 10.5 Å². The van der Waals surface area contributed by atoms with E-state index in [2.05, 4.69) is 5.32 Å². The van der Waals surface area contributed by atoms with Crippen LogP contribution in [-0.4, -0.2) is 66.2 Å². The molecule has 2 saturated heterocycles. The lowest BCUT2D eigenvalue weighted by atomic mass is 9.82. The molecule has 1 amide bonds. The Morgan fingerprint density at radius 3 is 2.25 bits per heavy atom. The van der Waals surface area contributed by atoms with E-state index in [1.54, 1.807) is 12.1 Å². The number of β-lactam (4-membered cyclic amide) rings is 1. The molecule has 1 aromatic carbocycles. The third-order valence-corrected chi connectivity index (χ3v) is 6.39. The molecule has 1 aromatic rings. The molecule has 3 heterocycles.